The Balaban J connectivity index is 1.94. The second-order valence-corrected chi connectivity index (χ2v) is 5.91. The van der Waals surface area contributed by atoms with Crippen LogP contribution in [0.25, 0.3) is 11.6 Å². The molecule has 3 aromatic rings. The second kappa shape index (κ2) is 6.70. The molecule has 0 saturated carbocycles. The van der Waals surface area contributed by atoms with Crippen molar-refractivity contribution in [1.29, 1.82) is 0 Å². The number of furan rings is 1. The Morgan fingerprint density at radius 1 is 1.26 bits per heavy atom. The largest absolute Gasteiger partial charge is 0.461 e. The van der Waals surface area contributed by atoms with Gasteiger partial charge in [0.15, 0.2) is 16.7 Å². The van der Waals surface area contributed by atoms with E-state index in [1.165, 1.54) is 11.8 Å². The lowest BCUT2D eigenvalue weighted by molar-refractivity contribution is -0.117. The van der Waals surface area contributed by atoms with E-state index in [-0.39, 0.29) is 0 Å². The molecule has 0 unspecified atom stereocenters. The average molecular weight is 328 g/mol. The molecule has 7 heteroatoms. The molecular weight excluding hydrogens is 312 g/mol. The third kappa shape index (κ3) is 3.14. The van der Waals surface area contributed by atoms with E-state index >= 15 is 0 Å². The zero-order valence-corrected chi connectivity index (χ0v) is 13.4. The Morgan fingerprint density at radius 3 is 2.65 bits per heavy atom. The number of nitrogens with two attached hydrogens (primary N) is 1. The van der Waals surface area contributed by atoms with Gasteiger partial charge in [0.2, 0.25) is 5.91 Å². The Labute approximate surface area is 137 Å². The molecule has 2 N–H and O–H groups in total. The molecule has 2 aromatic heterocycles. The minimum absolute atomic E-state index is 0.411. The third-order valence-electron chi connectivity index (χ3n) is 3.36. The molecule has 1 amide bonds. The quantitative estimate of drug-likeness (QED) is 0.703. The van der Waals surface area contributed by atoms with Crippen LogP contribution in [0.1, 0.15) is 17.7 Å². The molecule has 3 rings (SSSR count). The summed E-state index contributed by atoms with van der Waals surface area (Å²) in [7, 11) is 0. The van der Waals surface area contributed by atoms with Crippen LogP contribution in [-0.4, -0.2) is 20.7 Å². The minimum atomic E-state index is -0.518. The van der Waals surface area contributed by atoms with Crippen LogP contribution >= 0.6 is 11.8 Å². The van der Waals surface area contributed by atoms with E-state index in [1.807, 2.05) is 47.9 Å². The topological polar surface area (TPSA) is 86.9 Å². The number of nitrogens with zero attached hydrogens (tertiary/aromatic N) is 3. The molecule has 0 aliphatic rings. The van der Waals surface area contributed by atoms with Crippen LogP contribution < -0.4 is 5.73 Å². The fourth-order valence-electron chi connectivity index (χ4n) is 2.27. The molecule has 0 radical (unpaired) electrons. The van der Waals surface area contributed by atoms with Crippen LogP contribution in [0.2, 0.25) is 0 Å². The van der Waals surface area contributed by atoms with Gasteiger partial charge in [0, 0.05) is 6.54 Å². The molecule has 0 spiro atoms. The smallest absolute Gasteiger partial charge is 0.235 e. The Kier molecular flexibility index (Phi) is 4.47. The van der Waals surface area contributed by atoms with Gasteiger partial charge in [-0.1, -0.05) is 42.1 Å². The number of hydrogen-bond donors (Lipinski definition) is 1. The number of carbonyl (C=O) groups excluding carboxylic acids is 1. The number of amides is 1. The first-order valence-corrected chi connectivity index (χ1v) is 8.06. The summed E-state index contributed by atoms with van der Waals surface area (Å²) in [5, 5.41) is 8.49. The summed E-state index contributed by atoms with van der Waals surface area (Å²) in [5.41, 5.74) is 6.42. The van der Waals surface area contributed by atoms with E-state index in [4.69, 9.17) is 10.2 Å². The maximum absolute atomic E-state index is 11.9. The van der Waals surface area contributed by atoms with E-state index in [0.29, 0.717) is 23.3 Å². The molecule has 118 valence electrons. The Morgan fingerprint density at radius 2 is 2.04 bits per heavy atom. The maximum Gasteiger partial charge on any atom is 0.235 e. The first kappa shape index (κ1) is 15.4. The van der Waals surface area contributed by atoms with Gasteiger partial charge in [-0.2, -0.15) is 0 Å². The van der Waals surface area contributed by atoms with Gasteiger partial charge in [-0.15, -0.1) is 10.2 Å². The SMILES string of the molecule is CCn1c(S[C@H](C(N)=O)c2ccccc2)nnc1-c1ccco1. The number of thioether (sulfide) groups is 1. The van der Waals surface area contributed by atoms with E-state index < -0.39 is 11.2 Å². The molecular formula is C16H16N4O2S. The summed E-state index contributed by atoms with van der Waals surface area (Å²) in [6.45, 7) is 2.65. The van der Waals surface area contributed by atoms with Crippen molar-refractivity contribution >= 4 is 17.7 Å². The monoisotopic (exact) mass is 328 g/mol. The number of hydrogen-bond acceptors (Lipinski definition) is 5. The van der Waals surface area contributed by atoms with Gasteiger partial charge in [0.05, 0.1) is 6.26 Å². The van der Waals surface area contributed by atoms with E-state index in [9.17, 15) is 4.79 Å². The molecule has 6 nitrogen and oxygen atoms in total. The lowest BCUT2D eigenvalue weighted by Gasteiger charge is -2.13. The lowest BCUT2D eigenvalue weighted by Crippen LogP contribution is -2.19. The number of rotatable bonds is 6. The maximum atomic E-state index is 11.9. The molecule has 1 atom stereocenters. The van der Waals surface area contributed by atoms with Crippen molar-refractivity contribution in [2.24, 2.45) is 5.73 Å². The summed E-state index contributed by atoms with van der Waals surface area (Å²) in [4.78, 5) is 11.9. The number of aromatic nitrogens is 3. The van der Waals surface area contributed by atoms with E-state index in [1.54, 1.807) is 12.3 Å². The van der Waals surface area contributed by atoms with Crippen LogP contribution in [0, 0.1) is 0 Å². The van der Waals surface area contributed by atoms with Gasteiger partial charge in [-0.3, -0.25) is 9.36 Å². The van der Waals surface area contributed by atoms with Crippen LogP contribution in [0.3, 0.4) is 0 Å². The van der Waals surface area contributed by atoms with E-state index in [2.05, 4.69) is 10.2 Å². The standard InChI is InChI=1S/C16H16N4O2S/c1-2-20-15(12-9-6-10-22-12)18-19-16(20)23-13(14(17)21)11-7-4-3-5-8-11/h3-10,13H,2H2,1H3,(H2,17,21)/t13-/m0/s1. The van der Waals surface area contributed by atoms with Gasteiger partial charge < -0.3 is 10.2 Å². The van der Waals surface area contributed by atoms with Crippen molar-refractivity contribution < 1.29 is 9.21 Å². The predicted molar refractivity (Wildman–Crippen MR) is 87.6 cm³/mol. The second-order valence-electron chi connectivity index (χ2n) is 4.84. The van der Waals surface area contributed by atoms with Crippen molar-refractivity contribution in [2.45, 2.75) is 23.9 Å². The molecule has 0 aliphatic carbocycles. The van der Waals surface area contributed by atoms with Crippen LogP contribution in [0.4, 0.5) is 0 Å². The minimum Gasteiger partial charge on any atom is -0.461 e. The van der Waals surface area contributed by atoms with Crippen molar-refractivity contribution in [2.75, 3.05) is 0 Å². The summed E-state index contributed by atoms with van der Waals surface area (Å²) in [6, 6.07) is 13.0. The van der Waals surface area contributed by atoms with Gasteiger partial charge in [-0.05, 0) is 24.6 Å². The van der Waals surface area contributed by atoms with Crippen molar-refractivity contribution in [1.82, 2.24) is 14.8 Å². The third-order valence-corrected chi connectivity index (χ3v) is 4.61. The normalized spacial score (nSPS) is 12.2. The van der Waals surface area contributed by atoms with Crippen molar-refractivity contribution in [3.05, 3.63) is 54.3 Å². The van der Waals surface area contributed by atoms with Crippen LogP contribution in [-0.2, 0) is 11.3 Å². The first-order valence-electron chi connectivity index (χ1n) is 7.18. The predicted octanol–water partition coefficient (Wildman–Crippen LogP) is 2.88. The molecule has 0 bridgehead atoms. The molecule has 1 aromatic carbocycles. The number of primary amides is 1. The van der Waals surface area contributed by atoms with Gasteiger partial charge in [0.25, 0.3) is 0 Å². The van der Waals surface area contributed by atoms with Gasteiger partial charge in [0.1, 0.15) is 5.25 Å². The lowest BCUT2D eigenvalue weighted by atomic mass is 10.1. The van der Waals surface area contributed by atoms with E-state index in [0.717, 1.165) is 5.56 Å². The zero-order valence-electron chi connectivity index (χ0n) is 12.5. The van der Waals surface area contributed by atoms with Crippen molar-refractivity contribution in [3.8, 4) is 11.6 Å². The average Bonchev–Trinajstić information content (AvgIpc) is 3.21. The molecule has 23 heavy (non-hydrogen) atoms. The van der Waals surface area contributed by atoms with Gasteiger partial charge >= 0.3 is 0 Å². The highest BCUT2D eigenvalue weighted by molar-refractivity contribution is 8.00. The summed E-state index contributed by atoms with van der Waals surface area (Å²) in [5.74, 6) is 0.865. The Bertz CT molecular complexity index is 784. The molecule has 0 aliphatic heterocycles. The number of benzene rings is 1. The summed E-state index contributed by atoms with van der Waals surface area (Å²) < 4.78 is 7.29. The van der Waals surface area contributed by atoms with Crippen LogP contribution in [0.5, 0.6) is 0 Å². The highest BCUT2D eigenvalue weighted by Crippen LogP contribution is 2.35. The molecule has 0 fully saturated rings. The fraction of sp³-hybridized carbons (Fsp3) is 0.188. The molecule has 0 saturated heterocycles. The first-order chi connectivity index (χ1) is 11.2. The van der Waals surface area contributed by atoms with Gasteiger partial charge in [-0.25, -0.2) is 0 Å². The van der Waals surface area contributed by atoms with Crippen molar-refractivity contribution in [3.63, 3.8) is 0 Å². The fourth-order valence-corrected chi connectivity index (χ4v) is 3.32. The Hall–Kier alpha value is -2.54. The molecule has 2 heterocycles. The number of carbonyl (C=O) groups is 1. The highest BCUT2D eigenvalue weighted by Gasteiger charge is 2.24. The zero-order chi connectivity index (χ0) is 16.2. The summed E-state index contributed by atoms with van der Waals surface area (Å²) >= 11 is 1.29. The highest BCUT2D eigenvalue weighted by atomic mass is 32.2. The van der Waals surface area contributed by atoms with Crippen LogP contribution in [0.15, 0.2) is 58.3 Å². The summed E-state index contributed by atoms with van der Waals surface area (Å²) in [6.07, 6.45) is 1.59.